The zero-order chi connectivity index (χ0) is 16.8. The molecule has 0 aliphatic carbocycles. The standard InChI is InChI=1S/C18H18N4O2.2ClH/c19-10-17(24-16-4-2-1-3-5-16)18(23)22-15-8-6-13(7-9-15)14-11-20-21-12-14;;/h1-9,11-12,17H,10,19H2,(H,20,21)(H,22,23);2*1H. The summed E-state index contributed by atoms with van der Waals surface area (Å²) in [5.41, 5.74) is 8.35. The average Bonchev–Trinajstić information content (AvgIpc) is 3.16. The molecule has 0 radical (unpaired) electrons. The number of para-hydroxylation sites is 1. The van der Waals surface area contributed by atoms with Crippen LogP contribution in [-0.2, 0) is 4.79 Å². The maximum absolute atomic E-state index is 12.3. The van der Waals surface area contributed by atoms with Crippen molar-refractivity contribution in [1.82, 2.24) is 10.2 Å². The first kappa shape index (κ1) is 21.5. The number of anilines is 1. The molecule has 1 aromatic heterocycles. The molecule has 138 valence electrons. The van der Waals surface area contributed by atoms with Crippen molar-refractivity contribution in [1.29, 1.82) is 0 Å². The van der Waals surface area contributed by atoms with Crippen molar-refractivity contribution in [2.75, 3.05) is 11.9 Å². The molecule has 0 spiro atoms. The molecular formula is C18H20Cl2N4O2. The molecule has 8 heteroatoms. The van der Waals surface area contributed by atoms with Crippen molar-refractivity contribution in [2.45, 2.75) is 6.10 Å². The van der Waals surface area contributed by atoms with Gasteiger partial charge in [0.1, 0.15) is 5.75 Å². The van der Waals surface area contributed by atoms with E-state index in [0.29, 0.717) is 11.4 Å². The lowest BCUT2D eigenvalue weighted by Gasteiger charge is -2.17. The summed E-state index contributed by atoms with van der Waals surface area (Å²) in [6, 6.07) is 16.6. The highest BCUT2D eigenvalue weighted by atomic mass is 35.5. The second-order valence-corrected chi connectivity index (χ2v) is 5.21. The van der Waals surface area contributed by atoms with Crippen LogP contribution in [0.25, 0.3) is 11.1 Å². The van der Waals surface area contributed by atoms with Crippen molar-refractivity contribution in [2.24, 2.45) is 5.73 Å². The van der Waals surface area contributed by atoms with E-state index >= 15 is 0 Å². The van der Waals surface area contributed by atoms with E-state index < -0.39 is 6.10 Å². The Labute approximate surface area is 164 Å². The van der Waals surface area contributed by atoms with Crippen LogP contribution in [0.2, 0.25) is 0 Å². The largest absolute Gasteiger partial charge is 0.479 e. The first-order chi connectivity index (χ1) is 11.8. The lowest BCUT2D eigenvalue weighted by molar-refractivity contribution is -0.122. The molecule has 1 heterocycles. The minimum Gasteiger partial charge on any atom is -0.479 e. The number of nitrogens with one attached hydrogen (secondary N) is 2. The van der Waals surface area contributed by atoms with Crippen LogP contribution in [0.4, 0.5) is 5.69 Å². The number of amides is 1. The molecule has 2 aromatic carbocycles. The summed E-state index contributed by atoms with van der Waals surface area (Å²) >= 11 is 0. The zero-order valence-electron chi connectivity index (χ0n) is 13.8. The van der Waals surface area contributed by atoms with Gasteiger partial charge in [-0.05, 0) is 29.8 Å². The van der Waals surface area contributed by atoms with E-state index in [4.69, 9.17) is 10.5 Å². The SMILES string of the molecule is Cl.Cl.NCC(Oc1ccccc1)C(=O)Nc1ccc(-c2cn[nH]c2)cc1. The van der Waals surface area contributed by atoms with Crippen molar-refractivity contribution >= 4 is 36.4 Å². The Bertz CT molecular complexity index is 781. The Morgan fingerprint density at radius 1 is 1.08 bits per heavy atom. The van der Waals surface area contributed by atoms with E-state index in [9.17, 15) is 4.79 Å². The van der Waals surface area contributed by atoms with Gasteiger partial charge in [0.2, 0.25) is 0 Å². The molecule has 0 saturated carbocycles. The number of aromatic amines is 1. The number of halogens is 2. The summed E-state index contributed by atoms with van der Waals surface area (Å²) in [6.07, 6.45) is 2.80. The molecule has 0 saturated heterocycles. The topological polar surface area (TPSA) is 93.0 Å². The second kappa shape index (κ2) is 10.5. The molecule has 1 unspecified atom stereocenters. The first-order valence-corrected chi connectivity index (χ1v) is 7.58. The highest BCUT2D eigenvalue weighted by molar-refractivity contribution is 5.94. The van der Waals surface area contributed by atoms with Crippen LogP contribution in [-0.4, -0.2) is 28.8 Å². The highest BCUT2D eigenvalue weighted by Crippen LogP contribution is 2.20. The summed E-state index contributed by atoms with van der Waals surface area (Å²) in [6.45, 7) is 0.0911. The number of hydrogen-bond acceptors (Lipinski definition) is 4. The maximum atomic E-state index is 12.3. The predicted molar refractivity (Wildman–Crippen MR) is 107 cm³/mol. The normalized spacial score (nSPS) is 10.8. The lowest BCUT2D eigenvalue weighted by atomic mass is 10.1. The fourth-order valence-electron chi connectivity index (χ4n) is 2.25. The van der Waals surface area contributed by atoms with E-state index in [1.54, 1.807) is 18.3 Å². The Balaban J connectivity index is 0.00000169. The van der Waals surface area contributed by atoms with Gasteiger partial charge in [0, 0.05) is 24.0 Å². The van der Waals surface area contributed by atoms with E-state index in [0.717, 1.165) is 11.1 Å². The zero-order valence-corrected chi connectivity index (χ0v) is 15.4. The monoisotopic (exact) mass is 394 g/mol. The molecule has 26 heavy (non-hydrogen) atoms. The van der Waals surface area contributed by atoms with E-state index in [-0.39, 0.29) is 37.3 Å². The number of nitrogens with two attached hydrogens (primary N) is 1. The molecular weight excluding hydrogens is 375 g/mol. The number of benzene rings is 2. The minimum atomic E-state index is -0.749. The van der Waals surface area contributed by atoms with Crippen LogP contribution in [0, 0.1) is 0 Å². The van der Waals surface area contributed by atoms with Crippen LogP contribution in [0.5, 0.6) is 5.75 Å². The molecule has 3 rings (SSSR count). The van der Waals surface area contributed by atoms with Gasteiger partial charge in [-0.15, -0.1) is 24.8 Å². The van der Waals surface area contributed by atoms with Crippen LogP contribution in [0.3, 0.4) is 0 Å². The second-order valence-electron chi connectivity index (χ2n) is 5.21. The van der Waals surface area contributed by atoms with Gasteiger partial charge in [-0.2, -0.15) is 5.10 Å². The summed E-state index contributed by atoms with van der Waals surface area (Å²) in [5.74, 6) is 0.329. The highest BCUT2D eigenvalue weighted by Gasteiger charge is 2.18. The number of carbonyl (C=O) groups excluding carboxylic acids is 1. The van der Waals surface area contributed by atoms with Crippen molar-refractivity contribution in [3.05, 3.63) is 67.0 Å². The minimum absolute atomic E-state index is 0. The fraction of sp³-hybridized carbons (Fsp3) is 0.111. The third-order valence-corrected chi connectivity index (χ3v) is 3.51. The average molecular weight is 395 g/mol. The fourth-order valence-corrected chi connectivity index (χ4v) is 2.25. The van der Waals surface area contributed by atoms with Gasteiger partial charge in [-0.25, -0.2) is 0 Å². The molecule has 1 amide bonds. The molecule has 1 atom stereocenters. The molecule has 4 N–H and O–H groups in total. The third kappa shape index (κ3) is 5.49. The first-order valence-electron chi connectivity index (χ1n) is 7.58. The Morgan fingerprint density at radius 3 is 2.35 bits per heavy atom. The van der Waals surface area contributed by atoms with Crippen molar-refractivity contribution in [3.8, 4) is 16.9 Å². The smallest absolute Gasteiger partial charge is 0.266 e. The number of rotatable bonds is 6. The maximum Gasteiger partial charge on any atom is 0.266 e. The van der Waals surface area contributed by atoms with Crippen LogP contribution >= 0.6 is 24.8 Å². The van der Waals surface area contributed by atoms with Gasteiger partial charge in [-0.3, -0.25) is 9.89 Å². The number of nitrogens with zero attached hydrogens (tertiary/aromatic N) is 1. The van der Waals surface area contributed by atoms with Gasteiger partial charge < -0.3 is 15.8 Å². The van der Waals surface area contributed by atoms with Crippen molar-refractivity contribution in [3.63, 3.8) is 0 Å². The van der Waals surface area contributed by atoms with Gasteiger partial charge in [-0.1, -0.05) is 30.3 Å². The molecule has 0 fully saturated rings. The van der Waals surface area contributed by atoms with E-state index in [1.807, 2.05) is 48.7 Å². The molecule has 0 aliphatic heterocycles. The van der Waals surface area contributed by atoms with Crippen molar-refractivity contribution < 1.29 is 9.53 Å². The number of hydrogen-bond donors (Lipinski definition) is 3. The van der Waals surface area contributed by atoms with Gasteiger partial charge >= 0.3 is 0 Å². The summed E-state index contributed by atoms with van der Waals surface area (Å²) in [4.78, 5) is 12.3. The quantitative estimate of drug-likeness (QED) is 0.597. The van der Waals surface area contributed by atoms with Crippen LogP contribution in [0.15, 0.2) is 67.0 Å². The Kier molecular flexibility index (Phi) is 8.64. The predicted octanol–water partition coefficient (Wildman–Crippen LogP) is 3.27. The summed E-state index contributed by atoms with van der Waals surface area (Å²) in [5, 5.41) is 9.51. The third-order valence-electron chi connectivity index (χ3n) is 3.51. The lowest BCUT2D eigenvalue weighted by Crippen LogP contribution is -2.39. The van der Waals surface area contributed by atoms with E-state index in [2.05, 4.69) is 15.5 Å². The Morgan fingerprint density at radius 2 is 1.77 bits per heavy atom. The number of aromatic nitrogens is 2. The van der Waals surface area contributed by atoms with Gasteiger partial charge in [0.25, 0.3) is 5.91 Å². The Hall–Kier alpha value is -2.54. The number of H-pyrrole nitrogens is 1. The molecule has 3 aromatic rings. The van der Waals surface area contributed by atoms with Gasteiger partial charge in [0.05, 0.1) is 6.20 Å². The molecule has 0 aliphatic rings. The van der Waals surface area contributed by atoms with Crippen LogP contribution in [0.1, 0.15) is 0 Å². The number of carbonyl (C=O) groups is 1. The van der Waals surface area contributed by atoms with Crippen LogP contribution < -0.4 is 15.8 Å². The number of ether oxygens (including phenoxy) is 1. The molecule has 6 nitrogen and oxygen atoms in total. The van der Waals surface area contributed by atoms with Gasteiger partial charge in [0.15, 0.2) is 6.10 Å². The summed E-state index contributed by atoms with van der Waals surface area (Å²) in [7, 11) is 0. The van der Waals surface area contributed by atoms with E-state index in [1.165, 1.54) is 0 Å². The molecule has 0 bridgehead atoms. The summed E-state index contributed by atoms with van der Waals surface area (Å²) < 4.78 is 5.63.